The van der Waals surface area contributed by atoms with Crippen molar-refractivity contribution in [2.75, 3.05) is 5.75 Å². The Kier molecular flexibility index (Phi) is 6.80. The molecule has 1 amide bonds. The SMILES string of the molecule is Cc1ccc(Cn2c(SCC(=O)N/N=C\c3ccccc3[N+](=O)[O-])nc3ccccc32)cc1. The van der Waals surface area contributed by atoms with Crippen LogP contribution in [0.3, 0.4) is 0 Å². The summed E-state index contributed by atoms with van der Waals surface area (Å²) in [6.07, 6.45) is 1.27. The average Bonchev–Trinajstić information content (AvgIpc) is 3.16. The number of nitro benzene ring substituents is 1. The zero-order valence-corrected chi connectivity index (χ0v) is 18.7. The third kappa shape index (κ3) is 5.45. The van der Waals surface area contributed by atoms with Crippen molar-refractivity contribution in [2.45, 2.75) is 18.6 Å². The van der Waals surface area contributed by atoms with Crippen LogP contribution in [0.2, 0.25) is 0 Å². The molecule has 0 radical (unpaired) electrons. The van der Waals surface area contributed by atoms with Gasteiger partial charge in [-0.2, -0.15) is 5.10 Å². The van der Waals surface area contributed by atoms with Crippen LogP contribution in [0.25, 0.3) is 11.0 Å². The van der Waals surface area contributed by atoms with Gasteiger partial charge in [-0.3, -0.25) is 14.9 Å². The zero-order chi connectivity index (χ0) is 23.2. The molecule has 1 heterocycles. The fourth-order valence-electron chi connectivity index (χ4n) is 3.29. The fourth-order valence-corrected chi connectivity index (χ4v) is 4.10. The van der Waals surface area contributed by atoms with Gasteiger partial charge in [0.1, 0.15) is 0 Å². The highest BCUT2D eigenvalue weighted by atomic mass is 32.2. The predicted octanol–water partition coefficient (Wildman–Crippen LogP) is 4.54. The van der Waals surface area contributed by atoms with Crippen LogP contribution in [0, 0.1) is 17.0 Å². The quantitative estimate of drug-likeness (QED) is 0.180. The van der Waals surface area contributed by atoms with Gasteiger partial charge in [-0.25, -0.2) is 10.4 Å². The average molecular weight is 460 g/mol. The summed E-state index contributed by atoms with van der Waals surface area (Å²) < 4.78 is 2.09. The number of carbonyl (C=O) groups is 1. The molecule has 0 aliphatic carbocycles. The van der Waals surface area contributed by atoms with E-state index < -0.39 is 4.92 Å². The monoisotopic (exact) mass is 459 g/mol. The van der Waals surface area contributed by atoms with Crippen LogP contribution < -0.4 is 5.43 Å². The maximum absolute atomic E-state index is 12.3. The molecule has 0 saturated carbocycles. The van der Waals surface area contributed by atoms with Gasteiger partial charge in [-0.15, -0.1) is 0 Å². The van der Waals surface area contributed by atoms with Gasteiger partial charge in [0, 0.05) is 6.07 Å². The fraction of sp³-hybridized carbons (Fsp3) is 0.125. The number of hydrogen-bond donors (Lipinski definition) is 1. The van der Waals surface area contributed by atoms with Crippen molar-refractivity contribution in [3.05, 3.63) is 99.6 Å². The second-order valence-electron chi connectivity index (χ2n) is 7.35. The Labute approximate surface area is 194 Å². The molecule has 0 saturated heterocycles. The van der Waals surface area contributed by atoms with Gasteiger partial charge in [0.2, 0.25) is 0 Å². The highest BCUT2D eigenvalue weighted by molar-refractivity contribution is 7.99. The van der Waals surface area contributed by atoms with E-state index in [-0.39, 0.29) is 17.3 Å². The number of rotatable bonds is 8. The highest BCUT2D eigenvalue weighted by Crippen LogP contribution is 2.25. The second kappa shape index (κ2) is 10.1. The summed E-state index contributed by atoms with van der Waals surface area (Å²) >= 11 is 1.32. The van der Waals surface area contributed by atoms with Crippen molar-refractivity contribution in [2.24, 2.45) is 5.10 Å². The first kappa shape index (κ1) is 22.2. The third-order valence-corrected chi connectivity index (χ3v) is 5.92. The van der Waals surface area contributed by atoms with Gasteiger partial charge in [-0.05, 0) is 30.7 Å². The molecule has 0 bridgehead atoms. The Hall–Kier alpha value is -3.98. The van der Waals surface area contributed by atoms with E-state index in [4.69, 9.17) is 0 Å². The maximum Gasteiger partial charge on any atom is 0.278 e. The lowest BCUT2D eigenvalue weighted by Crippen LogP contribution is -2.20. The van der Waals surface area contributed by atoms with Gasteiger partial charge in [-0.1, -0.05) is 65.9 Å². The van der Waals surface area contributed by atoms with E-state index in [2.05, 4.69) is 51.3 Å². The van der Waals surface area contributed by atoms with E-state index in [1.54, 1.807) is 18.2 Å². The molecule has 3 aromatic carbocycles. The molecule has 0 unspecified atom stereocenters. The number of imidazole rings is 1. The molecule has 1 N–H and O–H groups in total. The number of carbonyl (C=O) groups excluding carboxylic acids is 1. The van der Waals surface area contributed by atoms with Crippen LogP contribution in [-0.2, 0) is 11.3 Å². The van der Waals surface area contributed by atoms with Crippen molar-refractivity contribution in [1.29, 1.82) is 0 Å². The number of aromatic nitrogens is 2. The van der Waals surface area contributed by atoms with E-state index in [1.807, 2.05) is 24.3 Å². The van der Waals surface area contributed by atoms with E-state index in [0.717, 1.165) is 21.8 Å². The minimum atomic E-state index is -0.489. The summed E-state index contributed by atoms with van der Waals surface area (Å²) in [6.45, 7) is 2.69. The van der Waals surface area contributed by atoms with Crippen molar-refractivity contribution < 1.29 is 9.72 Å². The van der Waals surface area contributed by atoms with Crippen LogP contribution in [-0.4, -0.2) is 32.3 Å². The molecule has 0 spiro atoms. The van der Waals surface area contributed by atoms with Crippen molar-refractivity contribution >= 4 is 40.6 Å². The Bertz CT molecular complexity index is 1330. The van der Waals surface area contributed by atoms with Crippen LogP contribution >= 0.6 is 11.8 Å². The third-order valence-electron chi connectivity index (χ3n) is 4.94. The number of nitro groups is 1. The number of amides is 1. The molecule has 166 valence electrons. The summed E-state index contributed by atoms with van der Waals surface area (Å²) in [5, 5.41) is 15.7. The standard InChI is InChI=1S/C24H21N5O3S/c1-17-10-12-18(13-11-17)15-28-22-9-5-3-7-20(22)26-24(28)33-16-23(30)27-25-14-19-6-2-4-8-21(19)29(31)32/h2-14H,15-16H2,1H3,(H,27,30)/b25-14-. The number of benzene rings is 3. The van der Waals surface area contributed by atoms with E-state index >= 15 is 0 Å². The maximum atomic E-state index is 12.3. The predicted molar refractivity (Wildman–Crippen MR) is 130 cm³/mol. The summed E-state index contributed by atoms with van der Waals surface area (Å²) in [7, 11) is 0. The van der Waals surface area contributed by atoms with Gasteiger partial charge in [0.25, 0.3) is 11.6 Å². The molecular weight excluding hydrogens is 438 g/mol. The second-order valence-corrected chi connectivity index (χ2v) is 8.30. The summed E-state index contributed by atoms with van der Waals surface area (Å²) in [6, 6.07) is 22.4. The molecule has 0 aliphatic rings. The Morgan fingerprint density at radius 3 is 2.64 bits per heavy atom. The smallest absolute Gasteiger partial charge is 0.278 e. The van der Waals surface area contributed by atoms with Gasteiger partial charge in [0.05, 0.1) is 40.0 Å². The number of para-hydroxylation sites is 3. The number of nitrogens with zero attached hydrogens (tertiary/aromatic N) is 4. The Morgan fingerprint density at radius 1 is 1.12 bits per heavy atom. The minimum Gasteiger partial charge on any atom is -0.314 e. The largest absolute Gasteiger partial charge is 0.314 e. The summed E-state index contributed by atoms with van der Waals surface area (Å²) in [5.41, 5.74) is 6.87. The number of nitrogens with one attached hydrogen (secondary N) is 1. The number of hydrogen-bond acceptors (Lipinski definition) is 6. The Morgan fingerprint density at radius 2 is 1.85 bits per heavy atom. The lowest BCUT2D eigenvalue weighted by Gasteiger charge is -2.09. The molecule has 33 heavy (non-hydrogen) atoms. The zero-order valence-electron chi connectivity index (χ0n) is 17.8. The van der Waals surface area contributed by atoms with E-state index in [0.29, 0.717) is 12.1 Å². The number of thioether (sulfide) groups is 1. The normalized spacial score (nSPS) is 11.2. The topological polar surface area (TPSA) is 102 Å². The highest BCUT2D eigenvalue weighted by Gasteiger charge is 2.14. The van der Waals surface area contributed by atoms with Gasteiger partial charge in [0.15, 0.2) is 5.16 Å². The molecule has 1 aromatic heterocycles. The first-order chi connectivity index (χ1) is 16.0. The molecule has 0 fully saturated rings. The van der Waals surface area contributed by atoms with Crippen molar-refractivity contribution in [1.82, 2.24) is 15.0 Å². The molecule has 0 aliphatic heterocycles. The summed E-state index contributed by atoms with van der Waals surface area (Å²) in [4.78, 5) is 27.6. The molecule has 8 nitrogen and oxygen atoms in total. The van der Waals surface area contributed by atoms with Crippen LogP contribution in [0.1, 0.15) is 16.7 Å². The first-order valence-corrected chi connectivity index (χ1v) is 11.2. The molecule has 4 aromatic rings. The molecular formula is C24H21N5O3S. The summed E-state index contributed by atoms with van der Waals surface area (Å²) in [5.74, 6) is -0.227. The Balaban J connectivity index is 1.45. The van der Waals surface area contributed by atoms with Crippen LogP contribution in [0.5, 0.6) is 0 Å². The number of aryl methyl sites for hydroxylation is 1. The van der Waals surface area contributed by atoms with Crippen molar-refractivity contribution in [3.8, 4) is 0 Å². The first-order valence-electron chi connectivity index (χ1n) is 10.2. The number of hydrazone groups is 1. The van der Waals surface area contributed by atoms with Gasteiger partial charge < -0.3 is 4.57 Å². The van der Waals surface area contributed by atoms with E-state index in [1.165, 1.54) is 29.6 Å². The lowest BCUT2D eigenvalue weighted by atomic mass is 10.1. The number of fused-ring (bicyclic) bond motifs is 1. The molecule has 4 rings (SSSR count). The van der Waals surface area contributed by atoms with Crippen LogP contribution in [0.15, 0.2) is 83.1 Å². The van der Waals surface area contributed by atoms with E-state index in [9.17, 15) is 14.9 Å². The van der Waals surface area contributed by atoms with Crippen molar-refractivity contribution in [3.63, 3.8) is 0 Å². The molecule has 0 atom stereocenters. The molecule has 9 heteroatoms. The van der Waals surface area contributed by atoms with Gasteiger partial charge >= 0.3 is 0 Å². The lowest BCUT2D eigenvalue weighted by molar-refractivity contribution is -0.385. The van der Waals surface area contributed by atoms with Crippen LogP contribution in [0.4, 0.5) is 5.69 Å². The minimum absolute atomic E-state index is 0.0744.